The fourth-order valence-electron chi connectivity index (χ4n) is 2.80. The van der Waals surface area contributed by atoms with Gasteiger partial charge in [-0.2, -0.15) is 12.6 Å². The summed E-state index contributed by atoms with van der Waals surface area (Å²) in [4.78, 5) is 24.3. The summed E-state index contributed by atoms with van der Waals surface area (Å²) in [6.07, 6.45) is 0.139. The van der Waals surface area contributed by atoms with E-state index in [0.29, 0.717) is 11.3 Å². The molecule has 0 bridgehead atoms. The fraction of sp³-hybridized carbons (Fsp3) is 0.300. The highest BCUT2D eigenvalue weighted by atomic mass is 32.1. The maximum Gasteiger partial charge on any atom is 0.326 e. The Morgan fingerprint density at radius 1 is 1.08 bits per heavy atom. The van der Waals surface area contributed by atoms with E-state index < -0.39 is 17.9 Å². The molecule has 0 unspecified atom stereocenters. The maximum absolute atomic E-state index is 12.7. The molecule has 0 aliphatic carbocycles. The quantitative estimate of drug-likeness (QED) is 0.536. The second-order valence-electron chi connectivity index (χ2n) is 6.26. The summed E-state index contributed by atoms with van der Waals surface area (Å²) in [5.74, 6) is -1.54. The van der Waals surface area contributed by atoms with Crippen LogP contribution in [0.3, 0.4) is 0 Å². The number of carboxylic acids is 1. The van der Waals surface area contributed by atoms with Gasteiger partial charge in [0.1, 0.15) is 11.8 Å². The molecule has 0 aliphatic heterocycles. The van der Waals surface area contributed by atoms with Crippen LogP contribution >= 0.6 is 12.6 Å². The summed E-state index contributed by atoms with van der Waals surface area (Å²) in [5, 5.41) is 21.4. The summed E-state index contributed by atoms with van der Waals surface area (Å²) in [5.41, 5.74) is 1.72. The Morgan fingerprint density at radius 2 is 1.69 bits per heavy atom. The van der Waals surface area contributed by atoms with Crippen molar-refractivity contribution < 1.29 is 19.8 Å². The third kappa shape index (κ3) is 5.26. The predicted octanol–water partition coefficient (Wildman–Crippen LogP) is 2.85. The molecule has 5 nitrogen and oxygen atoms in total. The number of phenolic OH excluding ortho intramolecular Hbond substituents is 1. The van der Waals surface area contributed by atoms with Crippen LogP contribution in [-0.4, -0.2) is 33.9 Å². The molecule has 0 spiro atoms. The minimum atomic E-state index is -1.10. The van der Waals surface area contributed by atoms with Crippen LogP contribution in [0.15, 0.2) is 54.6 Å². The zero-order chi connectivity index (χ0) is 19.1. The van der Waals surface area contributed by atoms with Gasteiger partial charge in [-0.3, -0.25) is 4.79 Å². The molecule has 0 aliphatic rings. The SMILES string of the molecule is C[C@H](c1ccccc1)[C@H](CS)C(=O)N[C@@H](Cc1ccc(O)cc1)C(=O)O. The van der Waals surface area contributed by atoms with Gasteiger partial charge in [-0.25, -0.2) is 4.79 Å². The lowest BCUT2D eigenvalue weighted by Crippen LogP contribution is -2.46. The Bertz CT molecular complexity index is 733. The van der Waals surface area contributed by atoms with Crippen molar-refractivity contribution in [3.05, 3.63) is 65.7 Å². The molecule has 2 aromatic carbocycles. The molecular formula is C20H23NO4S. The van der Waals surface area contributed by atoms with Crippen LogP contribution in [0.2, 0.25) is 0 Å². The number of rotatable bonds is 8. The van der Waals surface area contributed by atoms with Gasteiger partial charge in [-0.1, -0.05) is 49.4 Å². The van der Waals surface area contributed by atoms with Gasteiger partial charge in [0, 0.05) is 12.2 Å². The second-order valence-corrected chi connectivity index (χ2v) is 6.62. The number of amides is 1. The number of carbonyl (C=O) groups excluding carboxylic acids is 1. The van der Waals surface area contributed by atoms with Crippen LogP contribution < -0.4 is 5.32 Å². The van der Waals surface area contributed by atoms with Crippen molar-refractivity contribution in [2.24, 2.45) is 5.92 Å². The van der Waals surface area contributed by atoms with Gasteiger partial charge >= 0.3 is 5.97 Å². The van der Waals surface area contributed by atoms with Crippen LogP contribution in [0.4, 0.5) is 0 Å². The van der Waals surface area contributed by atoms with Gasteiger partial charge in [-0.15, -0.1) is 0 Å². The normalized spacial score (nSPS) is 14.2. The summed E-state index contributed by atoms with van der Waals surface area (Å²) >= 11 is 4.29. The molecule has 3 N–H and O–H groups in total. The summed E-state index contributed by atoms with van der Waals surface area (Å²) in [6, 6.07) is 14.8. The first-order valence-electron chi connectivity index (χ1n) is 8.39. The minimum absolute atomic E-state index is 0.0863. The Hall–Kier alpha value is -2.47. The number of thiol groups is 1. The molecule has 0 aromatic heterocycles. The number of benzene rings is 2. The Morgan fingerprint density at radius 3 is 2.23 bits per heavy atom. The highest BCUT2D eigenvalue weighted by Gasteiger charge is 2.29. The lowest BCUT2D eigenvalue weighted by atomic mass is 9.88. The van der Waals surface area contributed by atoms with Crippen molar-refractivity contribution >= 4 is 24.5 Å². The van der Waals surface area contributed by atoms with Gasteiger partial charge in [0.05, 0.1) is 5.92 Å². The molecule has 138 valence electrons. The van der Waals surface area contributed by atoms with E-state index >= 15 is 0 Å². The van der Waals surface area contributed by atoms with Crippen LogP contribution in [0, 0.1) is 5.92 Å². The van der Waals surface area contributed by atoms with Crippen molar-refractivity contribution in [1.29, 1.82) is 0 Å². The standard InChI is InChI=1S/C20H23NO4S/c1-13(15-5-3-2-4-6-15)17(12-26)19(23)21-18(20(24)25)11-14-7-9-16(22)10-8-14/h2-10,13,17-18,22,26H,11-12H2,1H3,(H,21,23)(H,24,25)/t13-,17+,18+/m1/s1. The average Bonchev–Trinajstić information content (AvgIpc) is 2.64. The van der Waals surface area contributed by atoms with E-state index in [1.807, 2.05) is 37.3 Å². The van der Waals surface area contributed by atoms with Gasteiger partial charge in [-0.05, 0) is 29.2 Å². The van der Waals surface area contributed by atoms with E-state index in [0.717, 1.165) is 5.56 Å². The Balaban J connectivity index is 2.09. The number of hydrogen-bond acceptors (Lipinski definition) is 4. The molecular weight excluding hydrogens is 350 g/mol. The van der Waals surface area contributed by atoms with Crippen LogP contribution in [0.25, 0.3) is 0 Å². The monoisotopic (exact) mass is 373 g/mol. The topological polar surface area (TPSA) is 86.6 Å². The molecule has 1 amide bonds. The first-order valence-corrected chi connectivity index (χ1v) is 9.02. The highest BCUT2D eigenvalue weighted by Crippen LogP contribution is 2.25. The minimum Gasteiger partial charge on any atom is -0.508 e. The van der Waals surface area contributed by atoms with E-state index in [1.165, 1.54) is 12.1 Å². The van der Waals surface area contributed by atoms with Crippen LogP contribution in [0.1, 0.15) is 24.0 Å². The van der Waals surface area contributed by atoms with Crippen molar-refractivity contribution in [1.82, 2.24) is 5.32 Å². The van der Waals surface area contributed by atoms with Crippen LogP contribution in [0.5, 0.6) is 5.75 Å². The summed E-state index contributed by atoms with van der Waals surface area (Å²) < 4.78 is 0. The van der Waals surface area contributed by atoms with E-state index in [1.54, 1.807) is 12.1 Å². The zero-order valence-corrected chi connectivity index (χ0v) is 15.4. The van der Waals surface area contributed by atoms with E-state index in [4.69, 9.17) is 0 Å². The highest BCUT2D eigenvalue weighted by molar-refractivity contribution is 7.80. The van der Waals surface area contributed by atoms with Crippen molar-refractivity contribution in [3.63, 3.8) is 0 Å². The smallest absolute Gasteiger partial charge is 0.326 e. The summed E-state index contributed by atoms with van der Waals surface area (Å²) in [7, 11) is 0. The van der Waals surface area contributed by atoms with Gasteiger partial charge in [0.15, 0.2) is 0 Å². The lowest BCUT2D eigenvalue weighted by molar-refractivity contribution is -0.142. The summed E-state index contributed by atoms with van der Waals surface area (Å²) in [6.45, 7) is 1.94. The molecule has 0 fully saturated rings. The number of nitrogens with one attached hydrogen (secondary N) is 1. The molecule has 0 saturated carbocycles. The van der Waals surface area contributed by atoms with Gasteiger partial charge in [0.2, 0.25) is 5.91 Å². The van der Waals surface area contributed by atoms with Gasteiger partial charge < -0.3 is 15.5 Å². The van der Waals surface area contributed by atoms with Gasteiger partial charge in [0.25, 0.3) is 0 Å². The number of hydrogen-bond donors (Lipinski definition) is 4. The first kappa shape index (κ1) is 19.8. The largest absolute Gasteiger partial charge is 0.508 e. The van der Waals surface area contributed by atoms with E-state index in [2.05, 4.69) is 17.9 Å². The predicted molar refractivity (Wildman–Crippen MR) is 104 cm³/mol. The maximum atomic E-state index is 12.7. The first-order chi connectivity index (χ1) is 12.4. The van der Waals surface area contributed by atoms with E-state index in [-0.39, 0.29) is 24.0 Å². The van der Waals surface area contributed by atoms with Crippen molar-refractivity contribution in [3.8, 4) is 5.75 Å². The van der Waals surface area contributed by atoms with Crippen molar-refractivity contribution in [2.45, 2.75) is 25.3 Å². The number of carboxylic acid groups (broad SMARTS) is 1. The average molecular weight is 373 g/mol. The van der Waals surface area contributed by atoms with E-state index in [9.17, 15) is 19.8 Å². The van der Waals surface area contributed by atoms with Crippen LogP contribution in [-0.2, 0) is 16.0 Å². The fourth-order valence-corrected chi connectivity index (χ4v) is 3.29. The molecule has 6 heteroatoms. The molecule has 2 rings (SSSR count). The number of aliphatic carboxylic acids is 1. The lowest BCUT2D eigenvalue weighted by Gasteiger charge is -2.24. The zero-order valence-electron chi connectivity index (χ0n) is 14.5. The second kappa shape index (κ2) is 9.29. The Labute approximate surface area is 158 Å². The third-order valence-corrected chi connectivity index (χ3v) is 4.85. The number of carbonyl (C=O) groups is 2. The molecule has 2 aromatic rings. The molecule has 3 atom stereocenters. The molecule has 0 heterocycles. The Kier molecular flexibility index (Phi) is 7.09. The molecule has 0 saturated heterocycles. The number of phenols is 1. The molecule has 0 radical (unpaired) electrons. The molecule has 26 heavy (non-hydrogen) atoms. The van der Waals surface area contributed by atoms with Crippen molar-refractivity contribution in [2.75, 3.05) is 5.75 Å². The third-order valence-electron chi connectivity index (χ3n) is 4.45. The number of aromatic hydroxyl groups is 1.